The summed E-state index contributed by atoms with van der Waals surface area (Å²) in [6, 6.07) is 0. The Labute approximate surface area is 68.0 Å². The molecule has 0 spiro atoms. The average Bonchev–Trinajstić information content (AvgIpc) is 2.07. The number of hydrogen-bond donors (Lipinski definition) is 0. The number of hydrazone groups is 1. The minimum atomic E-state index is 0.208. The fourth-order valence-electron chi connectivity index (χ4n) is 1.27. The number of rotatable bonds is 2. The Morgan fingerprint density at radius 1 is 1.55 bits per heavy atom. The summed E-state index contributed by atoms with van der Waals surface area (Å²) >= 11 is 0. The predicted octanol–water partition coefficient (Wildman–Crippen LogP) is 1.45. The van der Waals surface area contributed by atoms with Crippen molar-refractivity contribution < 1.29 is 4.74 Å². The third kappa shape index (κ3) is 2.50. The molecule has 0 saturated carbocycles. The van der Waals surface area contributed by atoms with E-state index in [0.29, 0.717) is 0 Å². The summed E-state index contributed by atoms with van der Waals surface area (Å²) in [5, 5.41) is 6.02. The normalized spacial score (nSPS) is 25.8. The van der Waals surface area contributed by atoms with Crippen LogP contribution in [0.3, 0.4) is 0 Å². The molecular weight excluding hydrogens is 140 g/mol. The van der Waals surface area contributed by atoms with Crippen LogP contribution in [-0.2, 0) is 4.74 Å². The minimum absolute atomic E-state index is 0.208. The molecule has 0 aromatic carbocycles. The van der Waals surface area contributed by atoms with E-state index in [-0.39, 0.29) is 6.23 Å². The maximum atomic E-state index is 5.50. The van der Waals surface area contributed by atoms with E-state index in [1.165, 1.54) is 12.8 Å². The van der Waals surface area contributed by atoms with Crippen LogP contribution in [0.15, 0.2) is 5.10 Å². The van der Waals surface area contributed by atoms with Crippen LogP contribution in [0.4, 0.5) is 0 Å². The Kier molecular flexibility index (Phi) is 3.36. The molecule has 1 atom stereocenters. The first-order valence-electron chi connectivity index (χ1n) is 4.17. The third-order valence-electron chi connectivity index (χ3n) is 1.87. The molecule has 0 N–H and O–H groups in total. The first-order chi connectivity index (χ1) is 5.34. The maximum absolute atomic E-state index is 5.50. The van der Waals surface area contributed by atoms with Crippen molar-refractivity contribution in [3.63, 3.8) is 0 Å². The van der Waals surface area contributed by atoms with Gasteiger partial charge in [-0.15, -0.1) is 0 Å². The van der Waals surface area contributed by atoms with Gasteiger partial charge in [0, 0.05) is 19.9 Å². The fraction of sp³-hybridized carbons (Fsp3) is 0.875. The van der Waals surface area contributed by atoms with Gasteiger partial charge in [-0.3, -0.25) is 5.01 Å². The second-order valence-corrected chi connectivity index (χ2v) is 2.77. The van der Waals surface area contributed by atoms with Gasteiger partial charge >= 0.3 is 0 Å². The highest BCUT2D eigenvalue weighted by molar-refractivity contribution is 5.52. The van der Waals surface area contributed by atoms with Crippen molar-refractivity contribution in [2.24, 2.45) is 5.10 Å². The van der Waals surface area contributed by atoms with Gasteiger partial charge in [-0.05, 0) is 26.2 Å². The molecule has 0 aliphatic carbocycles. The van der Waals surface area contributed by atoms with Crippen molar-refractivity contribution in [3.05, 3.63) is 0 Å². The summed E-state index contributed by atoms with van der Waals surface area (Å²) in [6.07, 6.45) is 5.56. The van der Waals surface area contributed by atoms with Crippen molar-refractivity contribution in [1.29, 1.82) is 0 Å². The van der Waals surface area contributed by atoms with E-state index in [2.05, 4.69) is 5.10 Å². The predicted molar refractivity (Wildman–Crippen MR) is 45.5 cm³/mol. The Morgan fingerprint density at radius 2 is 2.36 bits per heavy atom. The monoisotopic (exact) mass is 156 g/mol. The number of ether oxygens (including phenoxy) is 1. The standard InChI is InChI=1S/C8H16N2O/c1-3-9-10(2)8-6-4-5-7-11-8/h3,8H,4-7H2,1-2H3/b9-3-. The smallest absolute Gasteiger partial charge is 0.145 e. The van der Waals surface area contributed by atoms with Crippen LogP contribution < -0.4 is 0 Å². The molecule has 0 radical (unpaired) electrons. The molecule has 64 valence electrons. The first kappa shape index (κ1) is 8.53. The molecule has 3 heteroatoms. The van der Waals surface area contributed by atoms with Crippen LogP contribution in [-0.4, -0.2) is 31.1 Å². The SMILES string of the molecule is C/C=N\N(C)C1CCCCO1. The molecule has 3 nitrogen and oxygen atoms in total. The second kappa shape index (κ2) is 4.34. The Morgan fingerprint density at radius 3 is 2.91 bits per heavy atom. The maximum Gasteiger partial charge on any atom is 0.145 e. The molecule has 0 bridgehead atoms. The van der Waals surface area contributed by atoms with Gasteiger partial charge in [-0.2, -0.15) is 5.10 Å². The van der Waals surface area contributed by atoms with Crippen molar-refractivity contribution in [2.45, 2.75) is 32.4 Å². The lowest BCUT2D eigenvalue weighted by Crippen LogP contribution is -2.32. The lowest BCUT2D eigenvalue weighted by Gasteiger charge is -2.28. The molecule has 11 heavy (non-hydrogen) atoms. The molecule has 1 aliphatic rings. The van der Waals surface area contributed by atoms with E-state index < -0.39 is 0 Å². The van der Waals surface area contributed by atoms with E-state index in [1.807, 2.05) is 19.0 Å². The molecule has 1 unspecified atom stereocenters. The Hall–Kier alpha value is -0.570. The van der Waals surface area contributed by atoms with Gasteiger partial charge in [0.2, 0.25) is 0 Å². The zero-order chi connectivity index (χ0) is 8.10. The minimum Gasteiger partial charge on any atom is -0.357 e. The molecule has 1 heterocycles. The van der Waals surface area contributed by atoms with Gasteiger partial charge in [-0.25, -0.2) is 0 Å². The summed E-state index contributed by atoms with van der Waals surface area (Å²) in [7, 11) is 1.95. The van der Waals surface area contributed by atoms with Gasteiger partial charge in [0.25, 0.3) is 0 Å². The highest BCUT2D eigenvalue weighted by atomic mass is 16.5. The number of hydrogen-bond acceptors (Lipinski definition) is 3. The molecule has 0 amide bonds. The fourth-order valence-corrected chi connectivity index (χ4v) is 1.27. The van der Waals surface area contributed by atoms with Crippen molar-refractivity contribution in [3.8, 4) is 0 Å². The average molecular weight is 156 g/mol. The Balaban J connectivity index is 2.32. The lowest BCUT2D eigenvalue weighted by molar-refractivity contribution is -0.0741. The van der Waals surface area contributed by atoms with Crippen LogP contribution in [0.25, 0.3) is 0 Å². The largest absolute Gasteiger partial charge is 0.357 e. The summed E-state index contributed by atoms with van der Waals surface area (Å²) in [5.74, 6) is 0. The molecule has 1 fully saturated rings. The van der Waals surface area contributed by atoms with Gasteiger partial charge in [-0.1, -0.05) is 0 Å². The van der Waals surface area contributed by atoms with E-state index in [9.17, 15) is 0 Å². The quantitative estimate of drug-likeness (QED) is 0.446. The van der Waals surface area contributed by atoms with Crippen LogP contribution in [0.5, 0.6) is 0 Å². The van der Waals surface area contributed by atoms with Crippen molar-refractivity contribution in [2.75, 3.05) is 13.7 Å². The van der Waals surface area contributed by atoms with E-state index in [1.54, 1.807) is 6.21 Å². The van der Waals surface area contributed by atoms with Gasteiger partial charge < -0.3 is 4.74 Å². The summed E-state index contributed by atoms with van der Waals surface area (Å²) in [5.41, 5.74) is 0. The van der Waals surface area contributed by atoms with Gasteiger partial charge in [0.05, 0.1) is 0 Å². The van der Waals surface area contributed by atoms with Crippen LogP contribution in [0.1, 0.15) is 26.2 Å². The van der Waals surface area contributed by atoms with Crippen LogP contribution >= 0.6 is 0 Å². The lowest BCUT2D eigenvalue weighted by atomic mass is 10.2. The first-order valence-corrected chi connectivity index (χ1v) is 4.17. The molecule has 1 saturated heterocycles. The van der Waals surface area contributed by atoms with Crippen molar-refractivity contribution >= 4 is 6.21 Å². The molecule has 1 aliphatic heterocycles. The van der Waals surface area contributed by atoms with Crippen molar-refractivity contribution in [1.82, 2.24) is 5.01 Å². The van der Waals surface area contributed by atoms with Gasteiger partial charge in [0.15, 0.2) is 0 Å². The van der Waals surface area contributed by atoms with E-state index in [0.717, 1.165) is 13.0 Å². The topological polar surface area (TPSA) is 24.8 Å². The zero-order valence-corrected chi connectivity index (χ0v) is 7.29. The molecule has 1 rings (SSSR count). The second-order valence-electron chi connectivity index (χ2n) is 2.77. The van der Waals surface area contributed by atoms with E-state index >= 15 is 0 Å². The van der Waals surface area contributed by atoms with Gasteiger partial charge in [0.1, 0.15) is 6.23 Å². The Bertz CT molecular complexity index is 130. The number of nitrogens with zero attached hydrogens (tertiary/aromatic N) is 2. The van der Waals surface area contributed by atoms with Crippen LogP contribution in [0.2, 0.25) is 0 Å². The summed E-state index contributed by atoms with van der Waals surface area (Å²) in [6.45, 7) is 2.80. The summed E-state index contributed by atoms with van der Waals surface area (Å²) < 4.78 is 5.50. The van der Waals surface area contributed by atoms with Crippen LogP contribution in [0, 0.1) is 0 Å². The molecular formula is C8H16N2O. The highest BCUT2D eigenvalue weighted by Gasteiger charge is 2.16. The van der Waals surface area contributed by atoms with E-state index in [4.69, 9.17) is 4.74 Å². The highest BCUT2D eigenvalue weighted by Crippen LogP contribution is 2.14. The molecule has 0 aromatic rings. The third-order valence-corrected chi connectivity index (χ3v) is 1.87. The summed E-state index contributed by atoms with van der Waals surface area (Å²) in [4.78, 5) is 0. The molecule has 0 aromatic heterocycles. The zero-order valence-electron chi connectivity index (χ0n) is 7.29.